The Kier molecular flexibility index (Phi) is 5.18. The van der Waals surface area contributed by atoms with Gasteiger partial charge in [0.25, 0.3) is 5.91 Å². The molecule has 2 aromatic heterocycles. The first-order valence-corrected chi connectivity index (χ1v) is 8.38. The Morgan fingerprint density at radius 3 is 2.65 bits per heavy atom. The van der Waals surface area contributed by atoms with Crippen LogP contribution >= 0.6 is 11.3 Å². The number of hydrazone groups is 1. The quantitative estimate of drug-likeness (QED) is 0.455. The van der Waals surface area contributed by atoms with Crippen LogP contribution in [0.3, 0.4) is 0 Å². The van der Waals surface area contributed by atoms with Crippen LogP contribution in [-0.2, 0) is 0 Å². The zero-order valence-electron chi connectivity index (χ0n) is 14.0. The maximum absolute atomic E-state index is 12.1. The normalized spacial score (nSPS) is 10.8. The number of benzene rings is 1. The van der Waals surface area contributed by atoms with Crippen LogP contribution in [0, 0.1) is 0 Å². The number of ether oxygens (including phenoxy) is 2. The molecule has 26 heavy (non-hydrogen) atoms. The summed E-state index contributed by atoms with van der Waals surface area (Å²) in [6.07, 6.45) is 1.41. The van der Waals surface area contributed by atoms with Gasteiger partial charge < -0.3 is 14.6 Å². The van der Waals surface area contributed by atoms with E-state index in [-0.39, 0.29) is 22.9 Å². The highest BCUT2D eigenvalue weighted by Crippen LogP contribution is 2.36. The second-order valence-corrected chi connectivity index (χ2v) is 6.07. The van der Waals surface area contributed by atoms with Gasteiger partial charge in [0.2, 0.25) is 5.75 Å². The number of aromatic hydroxyl groups is 1. The second-order valence-electron chi connectivity index (χ2n) is 5.12. The number of aromatic amines is 1. The summed E-state index contributed by atoms with van der Waals surface area (Å²) in [5.74, 6) is -0.0677. The molecular weight excluding hydrogens is 356 g/mol. The third-order valence-corrected chi connectivity index (χ3v) is 4.38. The summed E-state index contributed by atoms with van der Waals surface area (Å²) in [4.78, 5) is 13.1. The third kappa shape index (κ3) is 3.67. The Morgan fingerprint density at radius 2 is 2.04 bits per heavy atom. The van der Waals surface area contributed by atoms with Crippen molar-refractivity contribution in [1.29, 1.82) is 0 Å². The van der Waals surface area contributed by atoms with Crippen molar-refractivity contribution in [3.05, 3.63) is 47.0 Å². The minimum absolute atomic E-state index is 0.103. The lowest BCUT2D eigenvalue weighted by atomic mass is 10.2. The summed E-state index contributed by atoms with van der Waals surface area (Å²) in [5, 5.41) is 22.5. The molecule has 0 aliphatic carbocycles. The Morgan fingerprint density at radius 1 is 1.31 bits per heavy atom. The summed E-state index contributed by atoms with van der Waals surface area (Å²) < 4.78 is 10.1. The number of H-pyrrole nitrogens is 1. The monoisotopic (exact) mass is 372 g/mol. The summed E-state index contributed by atoms with van der Waals surface area (Å²) in [6, 6.07) is 8.64. The van der Waals surface area contributed by atoms with Crippen LogP contribution in [0.4, 0.5) is 0 Å². The lowest BCUT2D eigenvalue weighted by Crippen LogP contribution is -2.18. The smallest absolute Gasteiger partial charge is 0.291 e. The van der Waals surface area contributed by atoms with Crippen molar-refractivity contribution < 1.29 is 19.4 Å². The number of carbonyl (C=O) groups is 1. The van der Waals surface area contributed by atoms with E-state index in [1.54, 1.807) is 29.5 Å². The average Bonchev–Trinajstić information content (AvgIpc) is 3.34. The van der Waals surface area contributed by atoms with E-state index in [1.165, 1.54) is 20.4 Å². The Labute approximate surface area is 153 Å². The molecule has 0 saturated heterocycles. The lowest BCUT2D eigenvalue weighted by molar-refractivity contribution is 0.0950. The van der Waals surface area contributed by atoms with Gasteiger partial charge in [-0.25, -0.2) is 5.43 Å². The van der Waals surface area contributed by atoms with Crippen LogP contribution in [0.2, 0.25) is 0 Å². The predicted octanol–water partition coefficient (Wildman–Crippen LogP) is 2.62. The number of rotatable bonds is 6. The van der Waals surface area contributed by atoms with Crippen molar-refractivity contribution in [3.8, 4) is 27.8 Å². The van der Waals surface area contributed by atoms with Crippen LogP contribution in [0.5, 0.6) is 17.2 Å². The van der Waals surface area contributed by atoms with Gasteiger partial charge in [-0.05, 0) is 29.6 Å². The van der Waals surface area contributed by atoms with E-state index in [2.05, 4.69) is 20.7 Å². The number of thiophene rings is 1. The highest BCUT2D eigenvalue weighted by molar-refractivity contribution is 7.13. The number of phenolic OH excluding ortho intramolecular Hbond substituents is 1. The first kappa shape index (κ1) is 17.5. The average molecular weight is 372 g/mol. The molecule has 0 spiro atoms. The molecule has 3 rings (SSSR count). The molecule has 1 aromatic carbocycles. The molecule has 1 amide bonds. The van der Waals surface area contributed by atoms with Gasteiger partial charge in [0.05, 0.1) is 31.0 Å². The van der Waals surface area contributed by atoms with E-state index >= 15 is 0 Å². The molecule has 0 fully saturated rings. The third-order valence-electron chi connectivity index (χ3n) is 3.48. The standard InChI is InChI=1S/C17H16N4O4S/c1-24-13-6-10(7-14(25-2)16(13)22)9-18-21-17(23)12-8-11(19-20-12)15-4-3-5-26-15/h3-9,22H,1-2H3,(H,19,20)(H,21,23)/b18-9-. The number of hydrogen-bond donors (Lipinski definition) is 3. The maximum Gasteiger partial charge on any atom is 0.291 e. The first-order valence-electron chi connectivity index (χ1n) is 7.50. The minimum atomic E-state index is -0.446. The van der Waals surface area contributed by atoms with E-state index in [9.17, 15) is 9.90 Å². The van der Waals surface area contributed by atoms with Gasteiger partial charge in [0, 0.05) is 5.56 Å². The fraction of sp³-hybridized carbons (Fsp3) is 0.118. The van der Waals surface area contributed by atoms with Crippen LogP contribution in [0.25, 0.3) is 10.6 Å². The Balaban J connectivity index is 1.70. The molecule has 9 heteroatoms. The van der Waals surface area contributed by atoms with Crippen LogP contribution < -0.4 is 14.9 Å². The first-order chi connectivity index (χ1) is 12.6. The topological polar surface area (TPSA) is 109 Å². The lowest BCUT2D eigenvalue weighted by Gasteiger charge is -2.09. The SMILES string of the molecule is COc1cc(/C=N\NC(=O)c2cc(-c3cccs3)[nH]n2)cc(OC)c1O. The van der Waals surface area contributed by atoms with Gasteiger partial charge in [-0.1, -0.05) is 6.07 Å². The minimum Gasteiger partial charge on any atom is -0.502 e. The van der Waals surface area contributed by atoms with Gasteiger partial charge in [0.1, 0.15) is 0 Å². The highest BCUT2D eigenvalue weighted by atomic mass is 32.1. The zero-order chi connectivity index (χ0) is 18.5. The molecule has 0 aliphatic heterocycles. The van der Waals surface area contributed by atoms with Gasteiger partial charge in [0.15, 0.2) is 17.2 Å². The van der Waals surface area contributed by atoms with E-state index in [1.807, 2.05) is 17.5 Å². The largest absolute Gasteiger partial charge is 0.502 e. The Hall–Kier alpha value is -3.33. The molecule has 0 atom stereocenters. The zero-order valence-corrected chi connectivity index (χ0v) is 14.8. The number of carbonyl (C=O) groups excluding carboxylic acids is 1. The summed E-state index contributed by atoms with van der Waals surface area (Å²) in [6.45, 7) is 0. The predicted molar refractivity (Wildman–Crippen MR) is 98.2 cm³/mol. The molecule has 8 nitrogen and oxygen atoms in total. The van der Waals surface area contributed by atoms with Gasteiger partial charge in [-0.3, -0.25) is 9.89 Å². The number of nitrogens with zero attached hydrogens (tertiary/aromatic N) is 2. The van der Waals surface area contributed by atoms with Crippen molar-refractivity contribution in [1.82, 2.24) is 15.6 Å². The van der Waals surface area contributed by atoms with Crippen LogP contribution in [0.15, 0.2) is 40.8 Å². The molecule has 0 bridgehead atoms. The number of hydrogen-bond acceptors (Lipinski definition) is 7. The number of nitrogens with one attached hydrogen (secondary N) is 2. The van der Waals surface area contributed by atoms with Gasteiger partial charge in [-0.15, -0.1) is 11.3 Å². The maximum atomic E-state index is 12.1. The fourth-order valence-corrected chi connectivity index (χ4v) is 2.90. The summed E-state index contributed by atoms with van der Waals surface area (Å²) in [7, 11) is 2.86. The number of methoxy groups -OCH3 is 2. The molecular formula is C17H16N4O4S. The Bertz CT molecular complexity index is 909. The van der Waals surface area contributed by atoms with E-state index in [0.717, 1.165) is 10.6 Å². The number of aromatic nitrogens is 2. The van der Waals surface area contributed by atoms with Gasteiger partial charge >= 0.3 is 0 Å². The molecule has 3 aromatic rings. The second kappa shape index (κ2) is 7.70. The number of amides is 1. The molecule has 2 heterocycles. The van der Waals surface area contributed by atoms with Crippen molar-refractivity contribution >= 4 is 23.5 Å². The van der Waals surface area contributed by atoms with E-state index in [0.29, 0.717) is 5.56 Å². The van der Waals surface area contributed by atoms with Crippen molar-refractivity contribution in [2.45, 2.75) is 0 Å². The highest BCUT2D eigenvalue weighted by Gasteiger charge is 2.12. The van der Waals surface area contributed by atoms with Crippen molar-refractivity contribution in [2.75, 3.05) is 14.2 Å². The van der Waals surface area contributed by atoms with E-state index in [4.69, 9.17) is 9.47 Å². The van der Waals surface area contributed by atoms with Crippen molar-refractivity contribution in [3.63, 3.8) is 0 Å². The van der Waals surface area contributed by atoms with Gasteiger partial charge in [-0.2, -0.15) is 10.2 Å². The van der Waals surface area contributed by atoms with Crippen LogP contribution in [0.1, 0.15) is 16.1 Å². The molecule has 134 valence electrons. The van der Waals surface area contributed by atoms with Crippen LogP contribution in [-0.4, -0.2) is 41.6 Å². The fourth-order valence-electron chi connectivity index (χ4n) is 2.21. The van der Waals surface area contributed by atoms with E-state index < -0.39 is 5.91 Å². The summed E-state index contributed by atoms with van der Waals surface area (Å²) >= 11 is 1.55. The molecule has 3 N–H and O–H groups in total. The molecule has 0 aliphatic rings. The summed E-state index contributed by atoms with van der Waals surface area (Å²) in [5.41, 5.74) is 3.98. The molecule has 0 saturated carbocycles. The number of phenols is 1. The molecule has 0 unspecified atom stereocenters. The van der Waals surface area contributed by atoms with Crippen molar-refractivity contribution in [2.24, 2.45) is 5.10 Å². The molecule has 0 radical (unpaired) electrons.